The van der Waals surface area contributed by atoms with E-state index in [1.807, 2.05) is 0 Å². The summed E-state index contributed by atoms with van der Waals surface area (Å²) < 4.78 is 18.0. The van der Waals surface area contributed by atoms with Crippen LogP contribution in [0.15, 0.2) is 48.5 Å². The van der Waals surface area contributed by atoms with Crippen LogP contribution in [0.25, 0.3) is 6.08 Å². The van der Waals surface area contributed by atoms with Crippen LogP contribution >= 0.6 is 11.6 Å². The molecular formula is C19H18ClFN2O3. The molecule has 2 amide bonds. The predicted octanol–water partition coefficient (Wildman–Crippen LogP) is 3.60. The largest absolute Gasteiger partial charge is 0.495 e. The number of likely N-dealkylation sites (N-methyl/N-ethyl adjacent to an activating group) is 1. The molecule has 1 N–H and O–H groups in total. The van der Waals surface area contributed by atoms with E-state index in [1.54, 1.807) is 36.4 Å². The number of hydrogen-bond acceptors (Lipinski definition) is 3. The minimum Gasteiger partial charge on any atom is -0.495 e. The molecule has 26 heavy (non-hydrogen) atoms. The number of rotatable bonds is 6. The third-order valence-corrected chi connectivity index (χ3v) is 3.72. The molecule has 0 saturated heterocycles. The van der Waals surface area contributed by atoms with E-state index in [1.165, 1.54) is 37.3 Å². The summed E-state index contributed by atoms with van der Waals surface area (Å²) in [7, 11) is 2.99. The van der Waals surface area contributed by atoms with E-state index < -0.39 is 5.91 Å². The number of methoxy groups -OCH3 is 1. The number of halogens is 2. The zero-order valence-corrected chi connectivity index (χ0v) is 15.1. The molecule has 2 aromatic rings. The first-order valence-corrected chi connectivity index (χ1v) is 8.09. The van der Waals surface area contributed by atoms with Crippen LogP contribution in [0, 0.1) is 5.82 Å². The summed E-state index contributed by atoms with van der Waals surface area (Å²) in [5, 5.41) is 3.11. The number of carbonyl (C=O) groups excluding carboxylic acids is 2. The molecular weight excluding hydrogens is 359 g/mol. The number of ether oxygens (including phenoxy) is 1. The van der Waals surface area contributed by atoms with Crippen LogP contribution in [-0.4, -0.2) is 37.4 Å². The Balaban J connectivity index is 1.95. The highest BCUT2D eigenvalue weighted by atomic mass is 35.5. The van der Waals surface area contributed by atoms with Crippen molar-refractivity contribution in [3.8, 4) is 5.75 Å². The minimum atomic E-state index is -0.392. The van der Waals surface area contributed by atoms with Crippen LogP contribution in [0.3, 0.4) is 0 Å². The molecule has 0 unspecified atom stereocenters. The maximum Gasteiger partial charge on any atom is 0.246 e. The molecule has 0 fully saturated rings. The van der Waals surface area contributed by atoms with Gasteiger partial charge in [0.05, 0.1) is 19.3 Å². The van der Waals surface area contributed by atoms with E-state index in [9.17, 15) is 14.0 Å². The number of nitrogens with zero attached hydrogens (tertiary/aromatic N) is 1. The average molecular weight is 377 g/mol. The first-order valence-electron chi connectivity index (χ1n) is 7.71. The van der Waals surface area contributed by atoms with Crippen molar-refractivity contribution in [2.24, 2.45) is 0 Å². The highest BCUT2D eigenvalue weighted by molar-refractivity contribution is 6.31. The number of amides is 2. The van der Waals surface area contributed by atoms with Crippen molar-refractivity contribution in [1.82, 2.24) is 4.90 Å². The topological polar surface area (TPSA) is 58.6 Å². The number of anilines is 1. The van der Waals surface area contributed by atoms with Gasteiger partial charge >= 0.3 is 0 Å². The lowest BCUT2D eigenvalue weighted by Gasteiger charge is -2.16. The zero-order chi connectivity index (χ0) is 19.1. The fraction of sp³-hybridized carbons (Fsp3) is 0.158. The van der Waals surface area contributed by atoms with Gasteiger partial charge in [-0.3, -0.25) is 9.59 Å². The van der Waals surface area contributed by atoms with Crippen molar-refractivity contribution in [1.29, 1.82) is 0 Å². The second kappa shape index (κ2) is 9.01. The number of benzene rings is 2. The van der Waals surface area contributed by atoms with Crippen molar-refractivity contribution in [3.63, 3.8) is 0 Å². The lowest BCUT2D eigenvalue weighted by molar-refractivity contribution is -0.129. The number of carbonyl (C=O) groups is 2. The Morgan fingerprint density at radius 1 is 1.23 bits per heavy atom. The van der Waals surface area contributed by atoms with Gasteiger partial charge < -0.3 is 15.0 Å². The van der Waals surface area contributed by atoms with E-state index in [0.717, 1.165) is 0 Å². The zero-order valence-electron chi connectivity index (χ0n) is 14.3. The van der Waals surface area contributed by atoms with Gasteiger partial charge in [-0.25, -0.2) is 4.39 Å². The van der Waals surface area contributed by atoms with Gasteiger partial charge in [-0.1, -0.05) is 23.7 Å². The van der Waals surface area contributed by atoms with Crippen molar-refractivity contribution in [2.45, 2.75) is 0 Å². The molecule has 2 aromatic carbocycles. The van der Waals surface area contributed by atoms with E-state index in [4.69, 9.17) is 16.3 Å². The standard InChI is InChI=1S/C19H18ClFN2O3/c1-23(19(25)10-5-13-3-7-15(21)8-4-13)12-18(24)22-16-11-14(20)6-9-17(16)26-2/h3-11H,12H2,1-2H3,(H,22,24)/b10-5+. The maximum absolute atomic E-state index is 12.9. The maximum atomic E-state index is 12.9. The molecule has 0 aliphatic heterocycles. The van der Waals surface area contributed by atoms with Crippen molar-refractivity contribution in [2.75, 3.05) is 26.0 Å². The fourth-order valence-electron chi connectivity index (χ4n) is 2.13. The molecule has 0 aliphatic carbocycles. The molecule has 0 atom stereocenters. The Kier molecular flexibility index (Phi) is 6.74. The van der Waals surface area contributed by atoms with Crippen LogP contribution in [0.4, 0.5) is 10.1 Å². The van der Waals surface area contributed by atoms with Crippen molar-refractivity contribution in [3.05, 3.63) is 64.9 Å². The predicted molar refractivity (Wildman–Crippen MR) is 99.7 cm³/mol. The molecule has 0 aromatic heterocycles. The van der Waals surface area contributed by atoms with Gasteiger partial charge in [0.15, 0.2) is 0 Å². The Labute approximate surface area is 156 Å². The van der Waals surface area contributed by atoms with Crippen molar-refractivity contribution < 1.29 is 18.7 Å². The first kappa shape index (κ1) is 19.5. The van der Waals surface area contributed by atoms with Gasteiger partial charge in [-0.2, -0.15) is 0 Å². The van der Waals surface area contributed by atoms with Crippen LogP contribution in [0.2, 0.25) is 5.02 Å². The van der Waals surface area contributed by atoms with Gasteiger partial charge in [0.25, 0.3) is 0 Å². The Bertz CT molecular complexity index is 822. The Morgan fingerprint density at radius 2 is 1.92 bits per heavy atom. The van der Waals surface area contributed by atoms with Gasteiger partial charge in [-0.05, 0) is 42.0 Å². The van der Waals surface area contributed by atoms with Gasteiger partial charge in [0, 0.05) is 18.1 Å². The molecule has 7 heteroatoms. The molecule has 0 spiro atoms. The summed E-state index contributed by atoms with van der Waals surface area (Å²) in [6, 6.07) is 10.6. The average Bonchev–Trinajstić information content (AvgIpc) is 2.61. The summed E-state index contributed by atoms with van der Waals surface area (Å²) in [5.74, 6) is -0.634. The minimum absolute atomic E-state index is 0.151. The molecule has 0 radical (unpaired) electrons. The monoisotopic (exact) mass is 376 g/mol. The second-order valence-corrected chi connectivity index (χ2v) is 5.91. The van der Waals surface area contributed by atoms with Gasteiger partial charge in [0.2, 0.25) is 11.8 Å². The quantitative estimate of drug-likeness (QED) is 0.784. The van der Waals surface area contributed by atoms with Crippen LogP contribution in [0.5, 0.6) is 5.75 Å². The third kappa shape index (κ3) is 5.60. The van der Waals surface area contributed by atoms with Crippen LogP contribution in [0.1, 0.15) is 5.56 Å². The first-order chi connectivity index (χ1) is 12.4. The van der Waals surface area contributed by atoms with Gasteiger partial charge in [-0.15, -0.1) is 0 Å². The van der Waals surface area contributed by atoms with Crippen molar-refractivity contribution >= 4 is 35.2 Å². The fourth-order valence-corrected chi connectivity index (χ4v) is 2.30. The van der Waals surface area contributed by atoms with Gasteiger partial charge in [0.1, 0.15) is 11.6 Å². The Morgan fingerprint density at radius 3 is 2.58 bits per heavy atom. The lowest BCUT2D eigenvalue weighted by atomic mass is 10.2. The van der Waals surface area contributed by atoms with E-state index >= 15 is 0 Å². The number of nitrogens with one attached hydrogen (secondary N) is 1. The molecule has 0 heterocycles. The Hall–Kier alpha value is -2.86. The van der Waals surface area contributed by atoms with E-state index in [0.29, 0.717) is 22.0 Å². The summed E-state index contributed by atoms with van der Waals surface area (Å²) in [4.78, 5) is 25.5. The van der Waals surface area contributed by atoms with Crippen LogP contribution < -0.4 is 10.1 Å². The molecule has 0 saturated carbocycles. The molecule has 0 bridgehead atoms. The molecule has 2 rings (SSSR count). The molecule has 5 nitrogen and oxygen atoms in total. The summed E-state index contributed by atoms with van der Waals surface area (Å²) in [6.07, 6.45) is 2.87. The van der Waals surface area contributed by atoms with Crippen LogP contribution in [-0.2, 0) is 9.59 Å². The highest BCUT2D eigenvalue weighted by Crippen LogP contribution is 2.27. The highest BCUT2D eigenvalue weighted by Gasteiger charge is 2.13. The molecule has 136 valence electrons. The van der Waals surface area contributed by atoms with E-state index in [2.05, 4.69) is 5.32 Å². The second-order valence-electron chi connectivity index (χ2n) is 5.47. The summed E-state index contributed by atoms with van der Waals surface area (Å²) in [6.45, 7) is -0.151. The van der Waals surface area contributed by atoms with E-state index in [-0.39, 0.29) is 18.3 Å². The number of hydrogen-bond donors (Lipinski definition) is 1. The third-order valence-electron chi connectivity index (χ3n) is 3.48. The smallest absolute Gasteiger partial charge is 0.246 e. The SMILES string of the molecule is COc1ccc(Cl)cc1NC(=O)CN(C)C(=O)/C=C/c1ccc(F)cc1. The normalized spacial score (nSPS) is 10.6. The summed E-state index contributed by atoms with van der Waals surface area (Å²) in [5.41, 5.74) is 1.11. The lowest BCUT2D eigenvalue weighted by Crippen LogP contribution is -2.33. The molecule has 0 aliphatic rings. The summed E-state index contributed by atoms with van der Waals surface area (Å²) >= 11 is 5.92.